The van der Waals surface area contributed by atoms with Crippen LogP contribution in [0.3, 0.4) is 0 Å². The van der Waals surface area contributed by atoms with Gasteiger partial charge in [0.05, 0.1) is 24.9 Å². The lowest BCUT2D eigenvalue weighted by Gasteiger charge is -2.14. The van der Waals surface area contributed by atoms with Gasteiger partial charge in [-0.2, -0.15) is 4.98 Å². The SMILES string of the molecule is CNC(=O)c1cccc(Oc2nc(Nc3cc(C)c(OC)c(OC)c3)ncc2Br)c1. The summed E-state index contributed by atoms with van der Waals surface area (Å²) in [6.45, 7) is 1.92. The summed E-state index contributed by atoms with van der Waals surface area (Å²) >= 11 is 3.39. The van der Waals surface area contributed by atoms with E-state index in [1.165, 1.54) is 0 Å². The number of nitrogens with zero attached hydrogens (tertiary/aromatic N) is 2. The first-order valence-corrected chi connectivity index (χ1v) is 9.76. The molecule has 0 aliphatic carbocycles. The highest BCUT2D eigenvalue weighted by molar-refractivity contribution is 9.10. The number of aromatic nitrogens is 2. The van der Waals surface area contributed by atoms with Gasteiger partial charge in [0.15, 0.2) is 11.5 Å². The van der Waals surface area contributed by atoms with E-state index in [4.69, 9.17) is 14.2 Å². The first kappa shape index (κ1) is 21.4. The number of rotatable bonds is 7. The highest BCUT2D eigenvalue weighted by Crippen LogP contribution is 2.35. The minimum atomic E-state index is -0.201. The molecule has 0 spiro atoms. The van der Waals surface area contributed by atoms with Gasteiger partial charge in [0.25, 0.3) is 5.91 Å². The maximum Gasteiger partial charge on any atom is 0.251 e. The monoisotopic (exact) mass is 472 g/mol. The van der Waals surface area contributed by atoms with E-state index in [1.807, 2.05) is 13.0 Å². The van der Waals surface area contributed by atoms with Gasteiger partial charge < -0.3 is 24.8 Å². The van der Waals surface area contributed by atoms with Crippen molar-refractivity contribution < 1.29 is 19.0 Å². The molecule has 9 heteroatoms. The zero-order valence-corrected chi connectivity index (χ0v) is 18.5. The Balaban J connectivity index is 1.86. The van der Waals surface area contributed by atoms with Crippen molar-refractivity contribution in [1.29, 1.82) is 0 Å². The van der Waals surface area contributed by atoms with E-state index in [9.17, 15) is 4.79 Å². The average molecular weight is 473 g/mol. The lowest BCUT2D eigenvalue weighted by Crippen LogP contribution is -2.17. The van der Waals surface area contributed by atoms with Gasteiger partial charge in [0, 0.05) is 24.4 Å². The Morgan fingerprint density at radius 1 is 1.13 bits per heavy atom. The molecule has 0 radical (unpaired) electrons. The van der Waals surface area contributed by atoms with Crippen LogP contribution in [0.2, 0.25) is 0 Å². The van der Waals surface area contributed by atoms with Crippen LogP contribution >= 0.6 is 15.9 Å². The van der Waals surface area contributed by atoms with Gasteiger partial charge in [-0.25, -0.2) is 4.98 Å². The maximum absolute atomic E-state index is 11.8. The maximum atomic E-state index is 11.8. The molecule has 0 fully saturated rings. The van der Waals surface area contributed by atoms with Crippen LogP contribution in [0.1, 0.15) is 15.9 Å². The van der Waals surface area contributed by atoms with Crippen molar-refractivity contribution in [2.75, 3.05) is 26.6 Å². The lowest BCUT2D eigenvalue weighted by molar-refractivity contribution is 0.0962. The van der Waals surface area contributed by atoms with Crippen molar-refractivity contribution in [2.24, 2.45) is 0 Å². The number of aryl methyl sites for hydroxylation is 1. The summed E-state index contributed by atoms with van der Waals surface area (Å²) in [5, 5.41) is 5.72. The van der Waals surface area contributed by atoms with E-state index >= 15 is 0 Å². The second-order valence-corrected chi connectivity index (χ2v) is 7.06. The molecule has 0 atom stereocenters. The predicted molar refractivity (Wildman–Crippen MR) is 117 cm³/mol. The van der Waals surface area contributed by atoms with Gasteiger partial charge in [-0.05, 0) is 52.7 Å². The molecule has 1 heterocycles. The molecule has 156 valence electrons. The Bertz CT molecular complexity index is 1070. The van der Waals surface area contributed by atoms with Crippen LogP contribution in [0.25, 0.3) is 0 Å². The minimum absolute atomic E-state index is 0.201. The molecule has 0 bridgehead atoms. The Labute approximate surface area is 182 Å². The number of hydrogen-bond acceptors (Lipinski definition) is 7. The van der Waals surface area contributed by atoms with Crippen LogP contribution in [-0.4, -0.2) is 37.1 Å². The summed E-state index contributed by atoms with van der Waals surface area (Å²) in [5.41, 5.74) is 2.12. The highest BCUT2D eigenvalue weighted by atomic mass is 79.9. The van der Waals surface area contributed by atoms with Gasteiger partial charge in [-0.1, -0.05) is 6.07 Å². The largest absolute Gasteiger partial charge is 0.493 e. The molecule has 1 aromatic heterocycles. The number of carbonyl (C=O) groups excluding carboxylic acids is 1. The number of nitrogens with one attached hydrogen (secondary N) is 2. The molecule has 0 unspecified atom stereocenters. The summed E-state index contributed by atoms with van der Waals surface area (Å²) in [4.78, 5) is 20.5. The second kappa shape index (κ2) is 9.45. The normalized spacial score (nSPS) is 10.3. The molecule has 0 aliphatic heterocycles. The van der Waals surface area contributed by atoms with Crippen molar-refractivity contribution in [1.82, 2.24) is 15.3 Å². The number of ether oxygens (including phenoxy) is 3. The Morgan fingerprint density at radius 3 is 2.63 bits per heavy atom. The molecule has 0 saturated heterocycles. The number of carbonyl (C=O) groups is 1. The molecule has 8 nitrogen and oxygen atoms in total. The third kappa shape index (κ3) is 4.80. The van der Waals surface area contributed by atoms with Crippen LogP contribution < -0.4 is 24.8 Å². The highest BCUT2D eigenvalue weighted by Gasteiger charge is 2.13. The van der Waals surface area contributed by atoms with Gasteiger partial charge in [-0.15, -0.1) is 0 Å². The van der Waals surface area contributed by atoms with Crippen molar-refractivity contribution in [3.8, 4) is 23.1 Å². The van der Waals surface area contributed by atoms with E-state index in [0.717, 1.165) is 11.3 Å². The lowest BCUT2D eigenvalue weighted by atomic mass is 10.2. The number of benzene rings is 2. The molecule has 2 aromatic carbocycles. The fourth-order valence-corrected chi connectivity index (χ4v) is 3.07. The summed E-state index contributed by atoms with van der Waals surface area (Å²) in [6, 6.07) is 10.5. The summed E-state index contributed by atoms with van der Waals surface area (Å²) in [6.07, 6.45) is 1.58. The van der Waals surface area contributed by atoms with E-state index in [0.29, 0.717) is 39.1 Å². The van der Waals surface area contributed by atoms with Crippen molar-refractivity contribution >= 4 is 33.5 Å². The van der Waals surface area contributed by atoms with Crippen molar-refractivity contribution in [2.45, 2.75) is 6.92 Å². The molecule has 1 amide bonds. The number of methoxy groups -OCH3 is 2. The van der Waals surface area contributed by atoms with Crippen molar-refractivity contribution in [3.05, 3.63) is 58.2 Å². The van der Waals surface area contributed by atoms with Crippen LogP contribution in [0.15, 0.2) is 47.1 Å². The molecule has 0 saturated carbocycles. The third-order valence-corrected chi connectivity index (χ3v) is 4.71. The first-order valence-electron chi connectivity index (χ1n) is 8.97. The van der Waals surface area contributed by atoms with Crippen LogP contribution in [-0.2, 0) is 0 Å². The molecule has 0 aliphatic rings. The fourth-order valence-electron chi connectivity index (χ4n) is 2.80. The zero-order chi connectivity index (χ0) is 21.7. The standard InChI is InChI=1S/C21H21BrN4O4/c1-12-8-14(10-17(28-3)18(12)29-4)25-21-24-11-16(22)20(26-21)30-15-7-5-6-13(9-15)19(27)23-2/h5-11H,1-4H3,(H,23,27)(H,24,25,26). The van der Waals surface area contributed by atoms with E-state index < -0.39 is 0 Å². The molecule has 30 heavy (non-hydrogen) atoms. The fraction of sp³-hybridized carbons (Fsp3) is 0.190. The third-order valence-electron chi connectivity index (χ3n) is 4.17. The van der Waals surface area contributed by atoms with Gasteiger partial charge in [-0.3, -0.25) is 4.79 Å². The predicted octanol–water partition coefficient (Wildman–Crippen LogP) is 4.46. The first-order chi connectivity index (χ1) is 14.4. The Kier molecular flexibility index (Phi) is 6.73. The quantitative estimate of drug-likeness (QED) is 0.523. The van der Waals surface area contributed by atoms with Crippen LogP contribution in [0.4, 0.5) is 11.6 Å². The second-order valence-electron chi connectivity index (χ2n) is 6.21. The van der Waals surface area contributed by atoms with Crippen LogP contribution in [0, 0.1) is 6.92 Å². The van der Waals surface area contributed by atoms with E-state index in [2.05, 4.69) is 36.5 Å². The summed E-state index contributed by atoms with van der Waals surface area (Å²) < 4.78 is 17.2. The van der Waals surface area contributed by atoms with Gasteiger partial charge >= 0.3 is 0 Å². The summed E-state index contributed by atoms with van der Waals surface area (Å²) in [7, 11) is 4.75. The topological polar surface area (TPSA) is 94.6 Å². The zero-order valence-electron chi connectivity index (χ0n) is 16.9. The van der Waals surface area contributed by atoms with Crippen LogP contribution in [0.5, 0.6) is 23.1 Å². The molecule has 3 rings (SSSR count). The Hall–Kier alpha value is -3.33. The number of amides is 1. The Morgan fingerprint density at radius 2 is 1.93 bits per heavy atom. The van der Waals surface area contributed by atoms with Gasteiger partial charge in [0.2, 0.25) is 11.8 Å². The van der Waals surface area contributed by atoms with E-state index in [-0.39, 0.29) is 5.91 Å². The average Bonchev–Trinajstić information content (AvgIpc) is 2.75. The van der Waals surface area contributed by atoms with Crippen molar-refractivity contribution in [3.63, 3.8) is 0 Å². The number of hydrogen-bond donors (Lipinski definition) is 2. The number of halogens is 1. The summed E-state index contributed by atoms with van der Waals surface area (Å²) in [5.74, 6) is 2.18. The molecule has 2 N–H and O–H groups in total. The van der Waals surface area contributed by atoms with Gasteiger partial charge in [0.1, 0.15) is 5.75 Å². The van der Waals surface area contributed by atoms with E-state index in [1.54, 1.807) is 57.8 Å². The molecular formula is C21H21BrN4O4. The smallest absolute Gasteiger partial charge is 0.251 e. The molecule has 3 aromatic rings. The number of anilines is 2. The minimum Gasteiger partial charge on any atom is -0.493 e. The molecular weight excluding hydrogens is 452 g/mol.